The fourth-order valence-corrected chi connectivity index (χ4v) is 3.18. The SMILES string of the molecule is CCOc1ccc(-c2noc(Cn3cnc4c(oc5ccccc54)c3=O)n2)cc1. The van der Waals surface area contributed by atoms with Crippen LogP contribution in [0.1, 0.15) is 12.8 Å². The van der Waals surface area contributed by atoms with E-state index in [0.717, 1.165) is 16.7 Å². The minimum atomic E-state index is -0.299. The Bertz CT molecular complexity index is 1370. The van der Waals surface area contributed by atoms with Crippen molar-refractivity contribution in [2.24, 2.45) is 0 Å². The molecule has 0 fully saturated rings. The van der Waals surface area contributed by atoms with E-state index >= 15 is 0 Å². The van der Waals surface area contributed by atoms with Crippen molar-refractivity contribution in [2.75, 3.05) is 6.61 Å². The lowest BCUT2D eigenvalue weighted by atomic mass is 10.2. The number of furan rings is 1. The average molecular weight is 388 g/mol. The molecule has 29 heavy (non-hydrogen) atoms. The van der Waals surface area contributed by atoms with Crippen LogP contribution in [0, 0.1) is 0 Å². The van der Waals surface area contributed by atoms with Gasteiger partial charge >= 0.3 is 0 Å². The highest BCUT2D eigenvalue weighted by molar-refractivity contribution is 6.01. The lowest BCUT2D eigenvalue weighted by molar-refractivity contribution is 0.340. The average Bonchev–Trinajstić information content (AvgIpc) is 3.36. The van der Waals surface area contributed by atoms with Gasteiger partial charge in [-0.25, -0.2) is 4.98 Å². The first-order valence-corrected chi connectivity index (χ1v) is 9.15. The van der Waals surface area contributed by atoms with Crippen LogP contribution in [0.4, 0.5) is 0 Å². The predicted octanol–water partition coefficient (Wildman–Crippen LogP) is 3.64. The molecule has 0 spiro atoms. The van der Waals surface area contributed by atoms with Gasteiger partial charge in [0.25, 0.3) is 5.56 Å². The monoisotopic (exact) mass is 388 g/mol. The topological polar surface area (TPSA) is 96.2 Å². The second-order valence-electron chi connectivity index (χ2n) is 6.42. The van der Waals surface area contributed by atoms with Crippen LogP contribution >= 0.6 is 0 Å². The van der Waals surface area contributed by atoms with Crippen molar-refractivity contribution in [3.8, 4) is 17.1 Å². The van der Waals surface area contributed by atoms with Crippen molar-refractivity contribution in [3.05, 3.63) is 71.1 Å². The van der Waals surface area contributed by atoms with E-state index < -0.39 is 0 Å². The van der Waals surface area contributed by atoms with Gasteiger partial charge in [0.05, 0.1) is 12.9 Å². The Morgan fingerprint density at radius 1 is 1.10 bits per heavy atom. The number of hydrogen-bond donors (Lipinski definition) is 0. The number of para-hydroxylation sites is 1. The Labute approximate surface area is 164 Å². The van der Waals surface area contributed by atoms with E-state index in [0.29, 0.717) is 29.4 Å². The Kier molecular flexibility index (Phi) is 4.09. The molecular formula is C21H16N4O4. The molecule has 0 atom stereocenters. The number of fused-ring (bicyclic) bond motifs is 3. The number of aromatic nitrogens is 4. The van der Waals surface area contributed by atoms with Crippen molar-refractivity contribution in [3.63, 3.8) is 0 Å². The molecule has 0 saturated heterocycles. The van der Waals surface area contributed by atoms with E-state index in [1.165, 1.54) is 10.9 Å². The van der Waals surface area contributed by atoms with Crippen molar-refractivity contribution < 1.29 is 13.7 Å². The summed E-state index contributed by atoms with van der Waals surface area (Å²) in [6, 6.07) is 14.8. The number of benzene rings is 2. The molecule has 0 N–H and O–H groups in total. The van der Waals surface area contributed by atoms with Crippen molar-refractivity contribution in [1.29, 1.82) is 0 Å². The van der Waals surface area contributed by atoms with Crippen molar-refractivity contribution >= 4 is 22.1 Å². The van der Waals surface area contributed by atoms with Crippen LogP contribution in [0.25, 0.3) is 33.5 Å². The van der Waals surface area contributed by atoms with E-state index in [4.69, 9.17) is 13.7 Å². The fourth-order valence-electron chi connectivity index (χ4n) is 3.18. The molecule has 5 aromatic rings. The largest absolute Gasteiger partial charge is 0.494 e. The number of ether oxygens (including phenoxy) is 1. The molecule has 0 unspecified atom stereocenters. The first-order chi connectivity index (χ1) is 14.2. The highest BCUT2D eigenvalue weighted by Gasteiger charge is 2.15. The standard InChI is InChI=1S/C21H16N4O4/c1-2-27-14-9-7-13(8-10-14)20-23-17(29-24-20)11-25-12-22-18-15-5-3-4-6-16(15)28-19(18)21(25)26/h3-10,12H,2,11H2,1H3. The summed E-state index contributed by atoms with van der Waals surface area (Å²) in [5, 5.41) is 4.81. The van der Waals surface area contributed by atoms with Gasteiger partial charge in [0.2, 0.25) is 17.3 Å². The quantitative estimate of drug-likeness (QED) is 0.453. The first kappa shape index (κ1) is 17.2. The molecule has 8 heteroatoms. The van der Waals surface area contributed by atoms with Crippen LogP contribution in [0.15, 0.2) is 68.6 Å². The van der Waals surface area contributed by atoms with Gasteiger partial charge in [-0.15, -0.1) is 0 Å². The molecule has 0 aliphatic carbocycles. The van der Waals surface area contributed by atoms with Gasteiger partial charge in [-0.1, -0.05) is 17.3 Å². The summed E-state index contributed by atoms with van der Waals surface area (Å²) in [6.07, 6.45) is 1.47. The summed E-state index contributed by atoms with van der Waals surface area (Å²) < 4.78 is 17.8. The summed E-state index contributed by atoms with van der Waals surface area (Å²) in [4.78, 5) is 21.6. The van der Waals surface area contributed by atoms with Crippen molar-refractivity contribution in [2.45, 2.75) is 13.5 Å². The predicted molar refractivity (Wildman–Crippen MR) is 106 cm³/mol. The second-order valence-corrected chi connectivity index (χ2v) is 6.42. The molecule has 0 radical (unpaired) electrons. The van der Waals surface area contributed by atoms with Gasteiger partial charge in [0.15, 0.2) is 0 Å². The zero-order chi connectivity index (χ0) is 19.8. The number of hydrogen-bond acceptors (Lipinski definition) is 7. The Morgan fingerprint density at radius 3 is 2.76 bits per heavy atom. The molecule has 0 aliphatic rings. The molecule has 3 heterocycles. The van der Waals surface area contributed by atoms with E-state index in [2.05, 4.69) is 15.1 Å². The van der Waals surface area contributed by atoms with Crippen LogP contribution in [-0.4, -0.2) is 26.3 Å². The van der Waals surface area contributed by atoms with Crippen LogP contribution in [0.2, 0.25) is 0 Å². The lowest BCUT2D eigenvalue weighted by Crippen LogP contribution is -2.20. The third kappa shape index (κ3) is 3.04. The van der Waals surface area contributed by atoms with E-state index in [1.807, 2.05) is 55.5 Å². The Morgan fingerprint density at radius 2 is 1.93 bits per heavy atom. The smallest absolute Gasteiger partial charge is 0.297 e. The molecule has 0 saturated carbocycles. The normalized spacial score (nSPS) is 11.3. The van der Waals surface area contributed by atoms with Crippen LogP contribution in [-0.2, 0) is 6.54 Å². The molecule has 0 amide bonds. The minimum absolute atomic E-state index is 0.100. The number of nitrogens with zero attached hydrogens (tertiary/aromatic N) is 4. The highest BCUT2D eigenvalue weighted by Crippen LogP contribution is 2.24. The van der Waals surface area contributed by atoms with Gasteiger partial charge in [0, 0.05) is 10.9 Å². The summed E-state index contributed by atoms with van der Waals surface area (Å²) in [7, 11) is 0. The van der Waals surface area contributed by atoms with Crippen molar-refractivity contribution in [1.82, 2.24) is 19.7 Å². The maximum Gasteiger partial charge on any atom is 0.297 e. The lowest BCUT2D eigenvalue weighted by Gasteiger charge is -2.02. The third-order valence-corrected chi connectivity index (χ3v) is 4.55. The van der Waals surface area contributed by atoms with Gasteiger partial charge in [-0.3, -0.25) is 9.36 Å². The fraction of sp³-hybridized carbons (Fsp3) is 0.143. The summed E-state index contributed by atoms with van der Waals surface area (Å²) >= 11 is 0. The first-order valence-electron chi connectivity index (χ1n) is 9.15. The van der Waals surface area contributed by atoms with E-state index in [-0.39, 0.29) is 17.7 Å². The van der Waals surface area contributed by atoms with Crippen LogP contribution in [0.5, 0.6) is 5.75 Å². The molecule has 8 nitrogen and oxygen atoms in total. The second kappa shape index (κ2) is 6.90. The minimum Gasteiger partial charge on any atom is -0.494 e. The third-order valence-electron chi connectivity index (χ3n) is 4.55. The Hall–Kier alpha value is -3.94. The van der Waals surface area contributed by atoms with Gasteiger partial charge < -0.3 is 13.7 Å². The summed E-state index contributed by atoms with van der Waals surface area (Å²) in [6.45, 7) is 2.63. The summed E-state index contributed by atoms with van der Waals surface area (Å²) in [5.74, 6) is 1.51. The number of rotatable bonds is 5. The molecule has 5 rings (SSSR count). The zero-order valence-corrected chi connectivity index (χ0v) is 15.5. The van der Waals surface area contributed by atoms with Gasteiger partial charge in [0.1, 0.15) is 23.4 Å². The van der Waals surface area contributed by atoms with Crippen LogP contribution in [0.3, 0.4) is 0 Å². The molecule has 2 aromatic carbocycles. The summed E-state index contributed by atoms with van der Waals surface area (Å²) in [5.41, 5.74) is 1.87. The zero-order valence-electron chi connectivity index (χ0n) is 15.5. The maximum absolute atomic E-state index is 12.8. The molecule has 0 bridgehead atoms. The molecule has 3 aromatic heterocycles. The van der Waals surface area contributed by atoms with E-state index in [9.17, 15) is 4.79 Å². The van der Waals surface area contributed by atoms with Crippen LogP contribution < -0.4 is 10.3 Å². The molecule has 0 aliphatic heterocycles. The Balaban J connectivity index is 1.45. The maximum atomic E-state index is 12.8. The highest BCUT2D eigenvalue weighted by atomic mass is 16.5. The van der Waals surface area contributed by atoms with Gasteiger partial charge in [-0.05, 0) is 43.3 Å². The molecular weight excluding hydrogens is 372 g/mol. The van der Waals surface area contributed by atoms with E-state index in [1.54, 1.807) is 0 Å². The van der Waals surface area contributed by atoms with Gasteiger partial charge in [-0.2, -0.15) is 4.98 Å². The molecule has 144 valence electrons.